The van der Waals surface area contributed by atoms with Gasteiger partial charge in [-0.25, -0.2) is 9.78 Å². The number of nitrogens with zero attached hydrogens (tertiary/aromatic N) is 1. The molecule has 4 nitrogen and oxygen atoms in total. The Bertz CT molecular complexity index is 438. The summed E-state index contributed by atoms with van der Waals surface area (Å²) >= 11 is 1.94. The first-order chi connectivity index (χ1) is 9.20. The topological polar surface area (TPSA) is 54.0 Å². The van der Waals surface area contributed by atoms with Crippen molar-refractivity contribution in [2.24, 2.45) is 0 Å². The van der Waals surface area contributed by atoms with Crippen molar-refractivity contribution < 1.29 is 4.79 Å². The van der Waals surface area contributed by atoms with Crippen LogP contribution in [0.1, 0.15) is 31.7 Å². The molecule has 104 valence electrons. The monoisotopic (exact) mass is 279 g/mol. The van der Waals surface area contributed by atoms with E-state index in [1.165, 1.54) is 12.8 Å². The third-order valence-corrected chi connectivity index (χ3v) is 4.72. The van der Waals surface area contributed by atoms with Crippen LogP contribution in [0.3, 0.4) is 0 Å². The summed E-state index contributed by atoms with van der Waals surface area (Å²) in [5.41, 5.74) is 0.976. The molecule has 0 bridgehead atoms. The Hall–Kier alpha value is -1.23. The van der Waals surface area contributed by atoms with E-state index in [0.29, 0.717) is 11.1 Å². The Balaban J connectivity index is 1.89. The van der Waals surface area contributed by atoms with Crippen molar-refractivity contribution in [2.75, 3.05) is 11.1 Å². The SMILES string of the molecule is CCS[C@@H]1CCC[C@@H]1NC(=O)Nc1ncccc1C. The first-order valence-electron chi connectivity index (χ1n) is 6.81. The fourth-order valence-corrected chi connectivity index (χ4v) is 3.63. The molecule has 2 rings (SSSR count). The van der Waals surface area contributed by atoms with E-state index in [9.17, 15) is 4.79 Å². The molecule has 0 aromatic carbocycles. The van der Waals surface area contributed by atoms with Crippen LogP contribution in [0, 0.1) is 6.92 Å². The maximum Gasteiger partial charge on any atom is 0.320 e. The third kappa shape index (κ3) is 3.86. The van der Waals surface area contributed by atoms with Gasteiger partial charge in [0.15, 0.2) is 0 Å². The van der Waals surface area contributed by atoms with Gasteiger partial charge in [-0.3, -0.25) is 5.32 Å². The molecule has 1 saturated carbocycles. The maximum absolute atomic E-state index is 12.0. The number of amides is 2. The Kier molecular flexibility index (Phi) is 5.07. The highest BCUT2D eigenvalue weighted by molar-refractivity contribution is 7.99. The van der Waals surface area contributed by atoms with Gasteiger partial charge in [0.2, 0.25) is 0 Å². The Morgan fingerprint density at radius 1 is 1.53 bits per heavy atom. The van der Waals surface area contributed by atoms with E-state index >= 15 is 0 Å². The van der Waals surface area contributed by atoms with E-state index in [0.717, 1.165) is 17.7 Å². The molecule has 19 heavy (non-hydrogen) atoms. The van der Waals surface area contributed by atoms with E-state index in [2.05, 4.69) is 22.5 Å². The van der Waals surface area contributed by atoms with Gasteiger partial charge in [0, 0.05) is 17.5 Å². The summed E-state index contributed by atoms with van der Waals surface area (Å²) in [6.07, 6.45) is 5.16. The third-order valence-electron chi connectivity index (χ3n) is 3.39. The summed E-state index contributed by atoms with van der Waals surface area (Å²) in [6.45, 7) is 4.10. The van der Waals surface area contributed by atoms with Crippen molar-refractivity contribution in [3.05, 3.63) is 23.9 Å². The number of urea groups is 1. The molecule has 0 unspecified atom stereocenters. The molecule has 0 aliphatic heterocycles. The van der Waals surface area contributed by atoms with Gasteiger partial charge >= 0.3 is 6.03 Å². The van der Waals surface area contributed by atoms with Crippen LogP contribution in [0.4, 0.5) is 10.6 Å². The summed E-state index contributed by atoms with van der Waals surface area (Å²) in [4.78, 5) is 16.2. The molecule has 1 aliphatic rings. The largest absolute Gasteiger partial charge is 0.334 e. The summed E-state index contributed by atoms with van der Waals surface area (Å²) in [5, 5.41) is 6.46. The zero-order chi connectivity index (χ0) is 13.7. The standard InChI is InChI=1S/C14H21N3OS/c1-3-19-12-8-4-7-11(12)16-14(18)17-13-10(2)6-5-9-15-13/h5-6,9,11-12H,3-4,7-8H2,1-2H3,(H2,15,16,17,18)/t11-,12+/m0/s1. The number of hydrogen-bond donors (Lipinski definition) is 2. The number of aryl methyl sites for hydroxylation is 1. The minimum Gasteiger partial charge on any atom is -0.334 e. The van der Waals surface area contributed by atoms with Crippen molar-refractivity contribution in [3.63, 3.8) is 0 Å². The van der Waals surface area contributed by atoms with Gasteiger partial charge in [-0.05, 0) is 37.1 Å². The smallest absolute Gasteiger partial charge is 0.320 e. The number of pyridine rings is 1. The summed E-state index contributed by atoms with van der Waals surface area (Å²) in [7, 11) is 0. The highest BCUT2D eigenvalue weighted by atomic mass is 32.2. The first kappa shape index (κ1) is 14.2. The van der Waals surface area contributed by atoms with Crippen LogP contribution >= 0.6 is 11.8 Å². The minimum atomic E-state index is -0.143. The van der Waals surface area contributed by atoms with Crippen LogP contribution in [-0.2, 0) is 0 Å². The number of nitrogens with one attached hydrogen (secondary N) is 2. The molecule has 1 fully saturated rings. The predicted octanol–water partition coefficient (Wildman–Crippen LogP) is 3.19. The van der Waals surface area contributed by atoms with Crippen LogP contribution in [0.5, 0.6) is 0 Å². The molecule has 2 amide bonds. The van der Waals surface area contributed by atoms with Crippen LogP contribution in [0.15, 0.2) is 18.3 Å². The van der Waals surface area contributed by atoms with E-state index in [1.54, 1.807) is 6.20 Å². The predicted molar refractivity (Wildman–Crippen MR) is 80.7 cm³/mol. The number of thioether (sulfide) groups is 1. The van der Waals surface area contributed by atoms with Crippen LogP contribution in [0.2, 0.25) is 0 Å². The quantitative estimate of drug-likeness (QED) is 0.890. The molecule has 0 spiro atoms. The minimum absolute atomic E-state index is 0.143. The molecule has 0 radical (unpaired) electrons. The Labute approximate surface area is 118 Å². The molecule has 5 heteroatoms. The lowest BCUT2D eigenvalue weighted by Crippen LogP contribution is -2.41. The lowest BCUT2D eigenvalue weighted by atomic mass is 10.2. The Morgan fingerprint density at radius 2 is 2.37 bits per heavy atom. The second-order valence-electron chi connectivity index (χ2n) is 4.80. The number of anilines is 1. The molecule has 2 atom stereocenters. The number of carbonyl (C=O) groups excluding carboxylic acids is 1. The molecule has 1 aromatic rings. The van der Waals surface area contributed by atoms with Crippen molar-refractivity contribution in [1.82, 2.24) is 10.3 Å². The van der Waals surface area contributed by atoms with Gasteiger partial charge in [-0.15, -0.1) is 0 Å². The normalized spacial score (nSPS) is 22.2. The van der Waals surface area contributed by atoms with Crippen molar-refractivity contribution in [3.8, 4) is 0 Å². The number of hydrogen-bond acceptors (Lipinski definition) is 3. The fourth-order valence-electron chi connectivity index (χ4n) is 2.43. The van der Waals surface area contributed by atoms with Crippen LogP contribution in [-0.4, -0.2) is 28.1 Å². The molecule has 1 aromatic heterocycles. The van der Waals surface area contributed by atoms with Crippen LogP contribution in [0.25, 0.3) is 0 Å². The van der Waals surface area contributed by atoms with Crippen molar-refractivity contribution >= 4 is 23.6 Å². The fraction of sp³-hybridized carbons (Fsp3) is 0.571. The number of carbonyl (C=O) groups is 1. The van der Waals surface area contributed by atoms with E-state index in [1.807, 2.05) is 30.8 Å². The van der Waals surface area contributed by atoms with Crippen molar-refractivity contribution in [1.29, 1.82) is 0 Å². The van der Waals surface area contributed by atoms with E-state index in [-0.39, 0.29) is 12.1 Å². The van der Waals surface area contributed by atoms with E-state index in [4.69, 9.17) is 0 Å². The van der Waals surface area contributed by atoms with Gasteiger partial charge in [0.05, 0.1) is 0 Å². The highest BCUT2D eigenvalue weighted by Crippen LogP contribution is 2.29. The molecule has 1 aliphatic carbocycles. The number of aromatic nitrogens is 1. The molecule has 1 heterocycles. The maximum atomic E-state index is 12.0. The summed E-state index contributed by atoms with van der Waals surface area (Å²) < 4.78 is 0. The van der Waals surface area contributed by atoms with E-state index < -0.39 is 0 Å². The molecule has 2 N–H and O–H groups in total. The molecule has 0 saturated heterocycles. The number of rotatable bonds is 4. The Morgan fingerprint density at radius 3 is 3.11 bits per heavy atom. The summed E-state index contributed by atoms with van der Waals surface area (Å²) in [6, 6.07) is 3.95. The molecular formula is C14H21N3OS. The zero-order valence-corrected chi connectivity index (χ0v) is 12.3. The second-order valence-corrected chi connectivity index (χ2v) is 6.31. The lowest BCUT2D eigenvalue weighted by molar-refractivity contribution is 0.248. The van der Waals surface area contributed by atoms with Gasteiger partial charge in [-0.1, -0.05) is 19.4 Å². The summed E-state index contributed by atoms with van der Waals surface area (Å²) in [5.74, 6) is 1.74. The van der Waals surface area contributed by atoms with Crippen molar-refractivity contribution in [2.45, 2.75) is 44.4 Å². The van der Waals surface area contributed by atoms with Gasteiger partial charge in [0.1, 0.15) is 5.82 Å². The van der Waals surface area contributed by atoms with Gasteiger partial charge in [-0.2, -0.15) is 11.8 Å². The first-order valence-corrected chi connectivity index (χ1v) is 7.86. The second kappa shape index (κ2) is 6.80. The average molecular weight is 279 g/mol. The van der Waals surface area contributed by atoms with Gasteiger partial charge in [0.25, 0.3) is 0 Å². The zero-order valence-electron chi connectivity index (χ0n) is 11.5. The highest BCUT2D eigenvalue weighted by Gasteiger charge is 2.28. The van der Waals surface area contributed by atoms with Gasteiger partial charge < -0.3 is 5.32 Å². The van der Waals surface area contributed by atoms with Crippen LogP contribution < -0.4 is 10.6 Å². The lowest BCUT2D eigenvalue weighted by Gasteiger charge is -2.20. The molecular weight excluding hydrogens is 258 g/mol. The average Bonchev–Trinajstić information content (AvgIpc) is 2.80.